The maximum atomic E-state index is 13.2. The molecular weight excluding hydrogens is 341 g/mol. The van der Waals surface area contributed by atoms with E-state index in [4.69, 9.17) is 0 Å². The first-order valence-corrected chi connectivity index (χ1v) is 8.71. The number of aromatic nitrogens is 2. The summed E-state index contributed by atoms with van der Waals surface area (Å²) in [6.07, 6.45) is 1.49. The molecule has 0 spiro atoms. The number of hydrogen-bond acceptors (Lipinski definition) is 2. The van der Waals surface area contributed by atoms with Crippen molar-refractivity contribution in [3.8, 4) is 11.3 Å². The Bertz CT molecular complexity index is 1100. The lowest BCUT2D eigenvalue weighted by Gasteiger charge is -2.15. The van der Waals surface area contributed by atoms with Gasteiger partial charge in [0.2, 0.25) is 0 Å². The van der Waals surface area contributed by atoms with Gasteiger partial charge in [-0.15, -0.1) is 0 Å². The molecule has 134 valence electrons. The topological polar surface area (TPSA) is 57.8 Å². The SMILES string of the molecule is CC(NC(=O)c1cn[nH]c1-c1ccc(F)cc1)c1ccc2ccccc2c1. The molecule has 27 heavy (non-hydrogen) atoms. The fourth-order valence-corrected chi connectivity index (χ4v) is 3.13. The molecule has 4 aromatic rings. The number of benzene rings is 3. The molecule has 0 saturated heterocycles. The average molecular weight is 359 g/mol. The average Bonchev–Trinajstić information content (AvgIpc) is 3.18. The molecule has 0 saturated carbocycles. The van der Waals surface area contributed by atoms with Gasteiger partial charge in [-0.2, -0.15) is 5.10 Å². The van der Waals surface area contributed by atoms with Crippen LogP contribution < -0.4 is 5.32 Å². The summed E-state index contributed by atoms with van der Waals surface area (Å²) in [5.41, 5.74) is 2.72. The van der Waals surface area contributed by atoms with Gasteiger partial charge in [-0.1, -0.05) is 36.4 Å². The molecular formula is C22H18FN3O. The summed E-state index contributed by atoms with van der Waals surface area (Å²) in [5.74, 6) is -0.557. The number of nitrogens with zero attached hydrogens (tertiary/aromatic N) is 1. The van der Waals surface area contributed by atoms with E-state index in [1.165, 1.54) is 18.3 Å². The van der Waals surface area contributed by atoms with E-state index < -0.39 is 0 Å². The van der Waals surface area contributed by atoms with Crippen molar-refractivity contribution in [2.45, 2.75) is 13.0 Å². The second-order valence-electron chi connectivity index (χ2n) is 6.47. The quantitative estimate of drug-likeness (QED) is 0.547. The fraction of sp³-hybridized carbons (Fsp3) is 0.0909. The molecule has 4 rings (SSSR count). The minimum absolute atomic E-state index is 0.168. The number of fused-ring (bicyclic) bond motifs is 1. The van der Waals surface area contributed by atoms with Gasteiger partial charge in [-0.05, 0) is 53.6 Å². The molecule has 1 unspecified atom stereocenters. The number of aromatic amines is 1. The first kappa shape index (κ1) is 17.0. The summed E-state index contributed by atoms with van der Waals surface area (Å²) in [6.45, 7) is 1.94. The number of halogens is 1. The van der Waals surface area contributed by atoms with E-state index in [1.54, 1.807) is 12.1 Å². The summed E-state index contributed by atoms with van der Waals surface area (Å²) in [7, 11) is 0. The van der Waals surface area contributed by atoms with Crippen molar-refractivity contribution in [2.24, 2.45) is 0 Å². The van der Waals surface area contributed by atoms with Gasteiger partial charge in [-0.3, -0.25) is 9.89 Å². The predicted octanol–water partition coefficient (Wildman–Crippen LogP) is 4.86. The van der Waals surface area contributed by atoms with Crippen molar-refractivity contribution < 1.29 is 9.18 Å². The number of carbonyl (C=O) groups is 1. The zero-order chi connectivity index (χ0) is 18.8. The van der Waals surface area contributed by atoms with E-state index in [1.807, 2.05) is 25.1 Å². The Kier molecular flexibility index (Phi) is 4.42. The monoisotopic (exact) mass is 359 g/mol. The van der Waals surface area contributed by atoms with Crippen LogP contribution in [0.15, 0.2) is 72.9 Å². The molecule has 5 heteroatoms. The largest absolute Gasteiger partial charge is 0.345 e. The number of carbonyl (C=O) groups excluding carboxylic acids is 1. The van der Waals surface area contributed by atoms with Crippen molar-refractivity contribution in [1.82, 2.24) is 15.5 Å². The molecule has 1 heterocycles. The number of rotatable bonds is 4. The Balaban J connectivity index is 1.57. The number of hydrogen-bond donors (Lipinski definition) is 2. The number of H-pyrrole nitrogens is 1. The number of nitrogens with one attached hydrogen (secondary N) is 2. The third-order valence-corrected chi connectivity index (χ3v) is 4.64. The first-order chi connectivity index (χ1) is 13.1. The Hall–Kier alpha value is -3.47. The minimum atomic E-state index is -0.325. The summed E-state index contributed by atoms with van der Waals surface area (Å²) >= 11 is 0. The van der Waals surface area contributed by atoms with Crippen LogP contribution in [0.4, 0.5) is 4.39 Å². The molecule has 3 aromatic carbocycles. The zero-order valence-corrected chi connectivity index (χ0v) is 14.7. The van der Waals surface area contributed by atoms with Crippen LogP contribution in [0.3, 0.4) is 0 Å². The fourth-order valence-electron chi connectivity index (χ4n) is 3.13. The molecule has 2 N–H and O–H groups in total. The maximum absolute atomic E-state index is 13.2. The van der Waals surface area contributed by atoms with Crippen LogP contribution in [0.25, 0.3) is 22.0 Å². The van der Waals surface area contributed by atoms with Gasteiger partial charge in [0, 0.05) is 5.56 Å². The van der Waals surface area contributed by atoms with E-state index in [9.17, 15) is 9.18 Å². The molecule has 1 amide bonds. The highest BCUT2D eigenvalue weighted by atomic mass is 19.1. The summed E-state index contributed by atoms with van der Waals surface area (Å²) in [4.78, 5) is 12.8. The van der Waals surface area contributed by atoms with Crippen LogP contribution in [0, 0.1) is 5.82 Å². The molecule has 0 fully saturated rings. The van der Waals surface area contributed by atoms with E-state index >= 15 is 0 Å². The smallest absolute Gasteiger partial charge is 0.255 e. The van der Waals surface area contributed by atoms with E-state index in [0.717, 1.165) is 16.3 Å². The van der Waals surface area contributed by atoms with E-state index in [2.05, 4.69) is 39.8 Å². The van der Waals surface area contributed by atoms with E-state index in [-0.39, 0.29) is 17.8 Å². The Morgan fingerprint density at radius 2 is 1.78 bits per heavy atom. The van der Waals surface area contributed by atoms with Crippen molar-refractivity contribution in [3.63, 3.8) is 0 Å². The molecule has 0 aliphatic heterocycles. The maximum Gasteiger partial charge on any atom is 0.255 e. The molecule has 1 aromatic heterocycles. The van der Waals surface area contributed by atoms with Crippen molar-refractivity contribution >= 4 is 16.7 Å². The van der Waals surface area contributed by atoms with Gasteiger partial charge in [0.15, 0.2) is 0 Å². The van der Waals surface area contributed by atoms with Gasteiger partial charge in [0.05, 0.1) is 23.5 Å². The standard InChI is InChI=1S/C22H18FN3O/c1-14(17-7-6-15-4-2-3-5-18(15)12-17)25-22(27)20-13-24-26-21(20)16-8-10-19(23)11-9-16/h2-14H,1H3,(H,24,26)(H,25,27). The Morgan fingerprint density at radius 1 is 1.04 bits per heavy atom. The highest BCUT2D eigenvalue weighted by Crippen LogP contribution is 2.24. The minimum Gasteiger partial charge on any atom is -0.345 e. The van der Waals surface area contributed by atoms with Crippen LogP contribution in [0.5, 0.6) is 0 Å². The molecule has 4 nitrogen and oxygen atoms in total. The van der Waals surface area contributed by atoms with Gasteiger partial charge >= 0.3 is 0 Å². The molecule has 1 atom stereocenters. The molecule has 0 aliphatic carbocycles. The lowest BCUT2D eigenvalue weighted by Crippen LogP contribution is -2.26. The van der Waals surface area contributed by atoms with Gasteiger partial charge in [0.25, 0.3) is 5.91 Å². The van der Waals surface area contributed by atoms with Gasteiger partial charge < -0.3 is 5.32 Å². The molecule has 0 aliphatic rings. The lowest BCUT2D eigenvalue weighted by molar-refractivity contribution is 0.0940. The van der Waals surface area contributed by atoms with Gasteiger partial charge in [0.1, 0.15) is 5.82 Å². The third-order valence-electron chi connectivity index (χ3n) is 4.64. The van der Waals surface area contributed by atoms with Crippen LogP contribution >= 0.6 is 0 Å². The predicted molar refractivity (Wildman–Crippen MR) is 104 cm³/mol. The number of amides is 1. The lowest BCUT2D eigenvalue weighted by atomic mass is 10.0. The molecule has 0 bridgehead atoms. The van der Waals surface area contributed by atoms with Gasteiger partial charge in [-0.25, -0.2) is 4.39 Å². The van der Waals surface area contributed by atoms with Crippen molar-refractivity contribution in [2.75, 3.05) is 0 Å². The van der Waals surface area contributed by atoms with Crippen molar-refractivity contribution in [3.05, 3.63) is 89.9 Å². The first-order valence-electron chi connectivity index (χ1n) is 8.71. The molecule has 0 radical (unpaired) electrons. The van der Waals surface area contributed by atoms with Crippen LogP contribution in [0.2, 0.25) is 0 Å². The summed E-state index contributed by atoms with van der Waals surface area (Å²) in [6, 6.07) is 20.0. The normalized spacial score (nSPS) is 12.1. The Morgan fingerprint density at radius 3 is 2.56 bits per heavy atom. The Labute approximate surface area is 156 Å². The summed E-state index contributed by atoms with van der Waals surface area (Å²) < 4.78 is 13.2. The van der Waals surface area contributed by atoms with Crippen LogP contribution in [-0.2, 0) is 0 Å². The zero-order valence-electron chi connectivity index (χ0n) is 14.7. The third kappa shape index (κ3) is 3.44. The van der Waals surface area contributed by atoms with E-state index in [0.29, 0.717) is 16.8 Å². The highest BCUT2D eigenvalue weighted by molar-refractivity contribution is 6.00. The summed E-state index contributed by atoms with van der Waals surface area (Å²) in [5, 5.41) is 12.1. The highest BCUT2D eigenvalue weighted by Gasteiger charge is 2.18. The second kappa shape index (κ2) is 7.03. The van der Waals surface area contributed by atoms with Crippen LogP contribution in [-0.4, -0.2) is 16.1 Å². The second-order valence-corrected chi connectivity index (χ2v) is 6.47. The van der Waals surface area contributed by atoms with Crippen molar-refractivity contribution in [1.29, 1.82) is 0 Å². The van der Waals surface area contributed by atoms with Crippen LogP contribution in [0.1, 0.15) is 28.9 Å².